The normalized spacial score (nSPS) is 10.4. The number of aryl methyl sites for hydroxylation is 2. The van der Waals surface area contributed by atoms with Gasteiger partial charge in [0.05, 0.1) is 6.61 Å². The van der Waals surface area contributed by atoms with Crippen molar-refractivity contribution < 1.29 is 14.6 Å². The molecule has 4 nitrogen and oxygen atoms in total. The number of hydrogen-bond donors (Lipinski definition) is 2. The third kappa shape index (κ3) is 5.42. The van der Waals surface area contributed by atoms with Gasteiger partial charge < -0.3 is 15.2 Å². The van der Waals surface area contributed by atoms with E-state index in [4.69, 9.17) is 9.84 Å². The van der Waals surface area contributed by atoms with Crippen LogP contribution in [0.4, 0.5) is 0 Å². The van der Waals surface area contributed by atoms with Gasteiger partial charge in [-0.1, -0.05) is 30.3 Å². The number of hydrogen-bond acceptors (Lipinski definition) is 3. The van der Waals surface area contributed by atoms with E-state index in [1.54, 1.807) is 0 Å². The molecule has 0 aromatic heterocycles. The van der Waals surface area contributed by atoms with Crippen molar-refractivity contribution in [3.8, 4) is 5.75 Å². The summed E-state index contributed by atoms with van der Waals surface area (Å²) in [6.45, 7) is 4.69. The van der Waals surface area contributed by atoms with E-state index in [1.165, 1.54) is 5.56 Å². The first-order valence-electron chi connectivity index (χ1n) is 7.74. The molecule has 0 unspecified atom stereocenters. The maximum Gasteiger partial charge on any atom is 0.257 e. The standard InChI is InChI=1S/C19H23NO3/c1-14-3-8-18(11-15(14)2)23-13-19(22)20-10-9-16-4-6-17(12-21)7-5-16/h3-8,11,21H,9-10,12-13H2,1-2H3,(H,20,22). The summed E-state index contributed by atoms with van der Waals surface area (Å²) in [4.78, 5) is 11.8. The second-order valence-electron chi connectivity index (χ2n) is 5.61. The molecule has 0 radical (unpaired) electrons. The van der Waals surface area contributed by atoms with Crippen LogP contribution in [0.3, 0.4) is 0 Å². The Kier molecular flexibility index (Phi) is 6.18. The number of aliphatic hydroxyl groups excluding tert-OH is 1. The Hall–Kier alpha value is -2.33. The smallest absolute Gasteiger partial charge is 0.257 e. The molecule has 0 bridgehead atoms. The minimum Gasteiger partial charge on any atom is -0.484 e. The Bertz CT molecular complexity index is 650. The van der Waals surface area contributed by atoms with Gasteiger partial charge in [0.15, 0.2) is 6.61 Å². The van der Waals surface area contributed by atoms with Crippen LogP contribution in [0.15, 0.2) is 42.5 Å². The van der Waals surface area contributed by atoms with Crippen LogP contribution < -0.4 is 10.1 Å². The SMILES string of the molecule is Cc1ccc(OCC(=O)NCCc2ccc(CO)cc2)cc1C. The van der Waals surface area contributed by atoms with Gasteiger partial charge in [-0.25, -0.2) is 0 Å². The number of aliphatic hydroxyl groups is 1. The highest BCUT2D eigenvalue weighted by atomic mass is 16.5. The number of rotatable bonds is 7. The lowest BCUT2D eigenvalue weighted by molar-refractivity contribution is -0.123. The highest BCUT2D eigenvalue weighted by Gasteiger charge is 2.03. The molecule has 0 saturated carbocycles. The van der Waals surface area contributed by atoms with Gasteiger partial charge >= 0.3 is 0 Å². The van der Waals surface area contributed by atoms with Crippen LogP contribution in [0.2, 0.25) is 0 Å². The highest BCUT2D eigenvalue weighted by Crippen LogP contribution is 2.16. The molecule has 2 N–H and O–H groups in total. The zero-order chi connectivity index (χ0) is 16.7. The zero-order valence-corrected chi connectivity index (χ0v) is 13.6. The fraction of sp³-hybridized carbons (Fsp3) is 0.316. The molecule has 0 saturated heterocycles. The summed E-state index contributed by atoms with van der Waals surface area (Å²) in [5, 5.41) is 11.8. The maximum atomic E-state index is 11.8. The number of nitrogens with one attached hydrogen (secondary N) is 1. The van der Waals surface area contributed by atoms with Gasteiger partial charge in [0.1, 0.15) is 5.75 Å². The van der Waals surface area contributed by atoms with Crippen LogP contribution in [0, 0.1) is 13.8 Å². The van der Waals surface area contributed by atoms with Crippen LogP contribution in [-0.4, -0.2) is 24.2 Å². The van der Waals surface area contributed by atoms with Crippen molar-refractivity contribution in [2.24, 2.45) is 0 Å². The van der Waals surface area contributed by atoms with Gasteiger partial charge in [0, 0.05) is 6.54 Å². The Morgan fingerprint density at radius 1 is 1.04 bits per heavy atom. The molecule has 0 aliphatic rings. The molecule has 0 spiro atoms. The second kappa shape index (κ2) is 8.34. The Labute approximate surface area is 137 Å². The van der Waals surface area contributed by atoms with Crippen molar-refractivity contribution in [1.82, 2.24) is 5.32 Å². The molecule has 0 atom stereocenters. The van der Waals surface area contributed by atoms with E-state index < -0.39 is 0 Å². The van der Waals surface area contributed by atoms with E-state index in [2.05, 4.69) is 5.32 Å². The Balaban J connectivity index is 1.71. The van der Waals surface area contributed by atoms with Gasteiger partial charge in [-0.3, -0.25) is 4.79 Å². The average molecular weight is 313 g/mol. The van der Waals surface area contributed by atoms with E-state index in [0.717, 1.165) is 23.1 Å². The molecule has 0 fully saturated rings. The summed E-state index contributed by atoms with van der Waals surface area (Å²) >= 11 is 0. The summed E-state index contributed by atoms with van der Waals surface area (Å²) in [5.41, 5.74) is 4.36. The third-order valence-corrected chi connectivity index (χ3v) is 3.79. The lowest BCUT2D eigenvalue weighted by atomic mass is 10.1. The number of carbonyl (C=O) groups excluding carboxylic acids is 1. The van der Waals surface area contributed by atoms with Crippen molar-refractivity contribution in [3.63, 3.8) is 0 Å². The number of carbonyl (C=O) groups is 1. The van der Waals surface area contributed by atoms with Crippen molar-refractivity contribution in [2.45, 2.75) is 26.9 Å². The first-order chi connectivity index (χ1) is 11.1. The molecule has 122 valence electrons. The van der Waals surface area contributed by atoms with Crippen molar-refractivity contribution in [2.75, 3.05) is 13.2 Å². The molecule has 23 heavy (non-hydrogen) atoms. The van der Waals surface area contributed by atoms with Crippen molar-refractivity contribution in [1.29, 1.82) is 0 Å². The predicted octanol–water partition coefficient (Wildman–Crippen LogP) is 2.53. The van der Waals surface area contributed by atoms with E-state index in [-0.39, 0.29) is 19.1 Å². The summed E-state index contributed by atoms with van der Waals surface area (Å²) in [6.07, 6.45) is 0.751. The zero-order valence-electron chi connectivity index (χ0n) is 13.6. The van der Waals surface area contributed by atoms with Gasteiger partial charge in [-0.05, 0) is 54.7 Å². The number of ether oxygens (including phenoxy) is 1. The van der Waals surface area contributed by atoms with E-state index in [1.807, 2.05) is 56.3 Å². The fourth-order valence-corrected chi connectivity index (χ4v) is 2.16. The van der Waals surface area contributed by atoms with Crippen LogP contribution in [0.1, 0.15) is 22.3 Å². The molecular weight excluding hydrogens is 290 g/mol. The van der Waals surface area contributed by atoms with E-state index in [9.17, 15) is 4.79 Å². The topological polar surface area (TPSA) is 58.6 Å². The van der Waals surface area contributed by atoms with Gasteiger partial charge in [0.2, 0.25) is 0 Å². The Morgan fingerprint density at radius 3 is 2.39 bits per heavy atom. The number of amides is 1. The molecular formula is C19H23NO3. The molecule has 2 rings (SSSR count). The molecule has 2 aromatic rings. The summed E-state index contributed by atoms with van der Waals surface area (Å²) in [5.74, 6) is 0.582. The van der Waals surface area contributed by atoms with Crippen molar-refractivity contribution in [3.05, 3.63) is 64.7 Å². The minimum absolute atomic E-state index is 0.0198. The first kappa shape index (κ1) is 17.0. The molecule has 0 heterocycles. The van der Waals surface area contributed by atoms with Crippen LogP contribution in [-0.2, 0) is 17.8 Å². The molecule has 0 aliphatic heterocycles. The average Bonchev–Trinajstić information content (AvgIpc) is 2.56. The fourth-order valence-electron chi connectivity index (χ4n) is 2.16. The summed E-state index contributed by atoms with van der Waals surface area (Å²) < 4.78 is 5.50. The maximum absolute atomic E-state index is 11.8. The van der Waals surface area contributed by atoms with Crippen molar-refractivity contribution >= 4 is 5.91 Å². The lowest BCUT2D eigenvalue weighted by Gasteiger charge is -2.09. The highest BCUT2D eigenvalue weighted by molar-refractivity contribution is 5.77. The van der Waals surface area contributed by atoms with Crippen LogP contribution in [0.5, 0.6) is 5.75 Å². The monoisotopic (exact) mass is 313 g/mol. The summed E-state index contributed by atoms with van der Waals surface area (Å²) in [7, 11) is 0. The Morgan fingerprint density at radius 2 is 1.74 bits per heavy atom. The third-order valence-electron chi connectivity index (χ3n) is 3.79. The minimum atomic E-state index is -0.129. The molecule has 0 aliphatic carbocycles. The molecule has 2 aromatic carbocycles. The van der Waals surface area contributed by atoms with Crippen LogP contribution >= 0.6 is 0 Å². The molecule has 4 heteroatoms. The van der Waals surface area contributed by atoms with E-state index in [0.29, 0.717) is 12.3 Å². The van der Waals surface area contributed by atoms with Gasteiger partial charge in [-0.15, -0.1) is 0 Å². The van der Waals surface area contributed by atoms with Crippen LogP contribution in [0.25, 0.3) is 0 Å². The first-order valence-corrected chi connectivity index (χ1v) is 7.74. The molecule has 1 amide bonds. The predicted molar refractivity (Wildman–Crippen MR) is 90.5 cm³/mol. The largest absolute Gasteiger partial charge is 0.484 e. The second-order valence-corrected chi connectivity index (χ2v) is 5.61. The van der Waals surface area contributed by atoms with Gasteiger partial charge in [-0.2, -0.15) is 0 Å². The van der Waals surface area contributed by atoms with Gasteiger partial charge in [0.25, 0.3) is 5.91 Å². The quantitative estimate of drug-likeness (QED) is 0.826. The summed E-state index contributed by atoms with van der Waals surface area (Å²) in [6, 6.07) is 13.5. The lowest BCUT2D eigenvalue weighted by Crippen LogP contribution is -2.30. The van der Waals surface area contributed by atoms with E-state index >= 15 is 0 Å². The number of benzene rings is 2.